The first-order valence-corrected chi connectivity index (χ1v) is 9.50. The maximum atomic E-state index is 12.9. The molecular weight excluding hydrogens is 348 g/mol. The Balaban J connectivity index is 1.56. The number of fused-ring (bicyclic) bond motifs is 1. The third-order valence-corrected chi connectivity index (χ3v) is 5.00. The van der Waals surface area contributed by atoms with E-state index in [4.69, 9.17) is 0 Å². The number of anilines is 2. The Morgan fingerprint density at radius 1 is 0.893 bits per heavy atom. The first-order chi connectivity index (χ1) is 13.6. The van der Waals surface area contributed by atoms with Crippen LogP contribution in [0.5, 0.6) is 0 Å². The smallest absolute Gasteiger partial charge is 0.258 e. The Labute approximate surface area is 164 Å². The molecule has 1 heterocycles. The summed E-state index contributed by atoms with van der Waals surface area (Å²) in [6.45, 7) is 2.67. The zero-order valence-electron chi connectivity index (χ0n) is 15.8. The topological polar surface area (TPSA) is 49.4 Å². The van der Waals surface area contributed by atoms with Gasteiger partial charge in [-0.2, -0.15) is 0 Å². The fourth-order valence-electron chi connectivity index (χ4n) is 3.61. The summed E-state index contributed by atoms with van der Waals surface area (Å²) in [6.07, 6.45) is 1.79. The summed E-state index contributed by atoms with van der Waals surface area (Å²) >= 11 is 0. The standard InChI is InChI=1S/C24H22N2O2/c1-17-7-5-10-20(15-17)23(27)25-21-12-13-22-19(16-21)11-6-14-26(22)24(28)18-8-3-2-4-9-18/h2-5,7-10,12-13,15-16H,6,11,14H2,1H3,(H,25,27). The Kier molecular flexibility index (Phi) is 4.94. The number of rotatable bonds is 3. The Hall–Kier alpha value is -3.40. The molecule has 1 aliphatic rings. The summed E-state index contributed by atoms with van der Waals surface area (Å²) in [5, 5.41) is 2.97. The Bertz CT molecular complexity index is 1030. The predicted molar refractivity (Wildman–Crippen MR) is 112 cm³/mol. The van der Waals surface area contributed by atoms with Crippen LogP contribution in [0.15, 0.2) is 72.8 Å². The molecule has 0 fully saturated rings. The first kappa shape index (κ1) is 18.0. The van der Waals surface area contributed by atoms with Gasteiger partial charge in [0.1, 0.15) is 0 Å². The predicted octanol–water partition coefficient (Wildman–Crippen LogP) is 4.84. The van der Waals surface area contributed by atoms with Crippen molar-refractivity contribution in [2.75, 3.05) is 16.8 Å². The van der Waals surface area contributed by atoms with Gasteiger partial charge in [-0.1, -0.05) is 35.9 Å². The van der Waals surface area contributed by atoms with Gasteiger partial charge in [-0.05, 0) is 67.8 Å². The number of aryl methyl sites for hydroxylation is 2. The van der Waals surface area contributed by atoms with Crippen molar-refractivity contribution in [3.63, 3.8) is 0 Å². The molecule has 2 amide bonds. The zero-order chi connectivity index (χ0) is 19.5. The summed E-state index contributed by atoms with van der Waals surface area (Å²) in [5.41, 5.74) is 5.13. The molecule has 1 N–H and O–H groups in total. The van der Waals surface area contributed by atoms with Gasteiger partial charge in [0, 0.05) is 29.0 Å². The van der Waals surface area contributed by atoms with Crippen LogP contribution in [-0.4, -0.2) is 18.4 Å². The maximum absolute atomic E-state index is 12.9. The van der Waals surface area contributed by atoms with E-state index in [1.165, 1.54) is 0 Å². The molecule has 140 valence electrons. The van der Waals surface area contributed by atoms with Crippen molar-refractivity contribution in [1.82, 2.24) is 0 Å². The third kappa shape index (κ3) is 3.67. The van der Waals surface area contributed by atoms with Crippen LogP contribution >= 0.6 is 0 Å². The molecule has 0 unspecified atom stereocenters. The van der Waals surface area contributed by atoms with E-state index in [1.54, 1.807) is 6.07 Å². The molecule has 0 aromatic heterocycles. The minimum atomic E-state index is -0.128. The van der Waals surface area contributed by atoms with E-state index in [-0.39, 0.29) is 11.8 Å². The molecule has 3 aromatic carbocycles. The third-order valence-electron chi connectivity index (χ3n) is 5.00. The molecule has 4 rings (SSSR count). The molecule has 0 saturated carbocycles. The van der Waals surface area contributed by atoms with Gasteiger partial charge in [0.2, 0.25) is 0 Å². The Morgan fingerprint density at radius 3 is 2.46 bits per heavy atom. The van der Waals surface area contributed by atoms with Crippen LogP contribution in [0.4, 0.5) is 11.4 Å². The molecule has 0 radical (unpaired) electrons. The van der Waals surface area contributed by atoms with Crippen LogP contribution in [0.2, 0.25) is 0 Å². The summed E-state index contributed by atoms with van der Waals surface area (Å²) in [5.74, 6) is -0.116. The molecule has 0 aliphatic carbocycles. The molecule has 4 nitrogen and oxygen atoms in total. The number of benzene rings is 3. The second kappa shape index (κ2) is 7.69. The van der Waals surface area contributed by atoms with Crippen molar-refractivity contribution >= 4 is 23.2 Å². The highest BCUT2D eigenvalue weighted by Crippen LogP contribution is 2.31. The van der Waals surface area contributed by atoms with Crippen molar-refractivity contribution in [3.8, 4) is 0 Å². The average molecular weight is 370 g/mol. The van der Waals surface area contributed by atoms with Crippen LogP contribution in [0, 0.1) is 6.92 Å². The van der Waals surface area contributed by atoms with E-state index in [0.717, 1.165) is 35.3 Å². The van der Waals surface area contributed by atoms with Crippen LogP contribution < -0.4 is 10.2 Å². The number of hydrogen-bond acceptors (Lipinski definition) is 2. The van der Waals surface area contributed by atoms with Crippen LogP contribution in [-0.2, 0) is 6.42 Å². The lowest BCUT2D eigenvalue weighted by molar-refractivity contribution is 0.0983. The van der Waals surface area contributed by atoms with Crippen molar-refractivity contribution in [2.45, 2.75) is 19.8 Å². The number of carbonyl (C=O) groups excluding carboxylic acids is 2. The first-order valence-electron chi connectivity index (χ1n) is 9.50. The van der Waals surface area contributed by atoms with Crippen LogP contribution in [0.25, 0.3) is 0 Å². The number of nitrogens with one attached hydrogen (secondary N) is 1. The number of carbonyl (C=O) groups is 2. The van der Waals surface area contributed by atoms with Crippen LogP contribution in [0.1, 0.15) is 38.3 Å². The lowest BCUT2D eigenvalue weighted by Gasteiger charge is -2.30. The van der Waals surface area contributed by atoms with Crippen molar-refractivity contribution in [1.29, 1.82) is 0 Å². The lowest BCUT2D eigenvalue weighted by Crippen LogP contribution is -2.35. The van der Waals surface area contributed by atoms with Crippen LogP contribution in [0.3, 0.4) is 0 Å². The SMILES string of the molecule is Cc1cccc(C(=O)Nc2ccc3c(c2)CCCN3C(=O)c2ccccc2)c1. The van der Waals surface area contributed by atoms with Crippen molar-refractivity contribution in [2.24, 2.45) is 0 Å². The van der Waals surface area contributed by atoms with Gasteiger partial charge in [0.05, 0.1) is 0 Å². The number of amides is 2. The van der Waals surface area contributed by atoms with Crippen molar-refractivity contribution < 1.29 is 9.59 Å². The largest absolute Gasteiger partial charge is 0.322 e. The van der Waals surface area contributed by atoms with Gasteiger partial charge < -0.3 is 10.2 Å². The second-order valence-electron chi connectivity index (χ2n) is 7.09. The summed E-state index contributed by atoms with van der Waals surface area (Å²) in [4.78, 5) is 27.2. The molecule has 0 bridgehead atoms. The Morgan fingerprint density at radius 2 is 1.68 bits per heavy atom. The minimum absolute atomic E-state index is 0.0121. The second-order valence-corrected chi connectivity index (χ2v) is 7.09. The zero-order valence-corrected chi connectivity index (χ0v) is 15.8. The molecule has 4 heteroatoms. The molecule has 28 heavy (non-hydrogen) atoms. The fourth-order valence-corrected chi connectivity index (χ4v) is 3.61. The van der Waals surface area contributed by atoms with Crippen molar-refractivity contribution in [3.05, 3.63) is 95.1 Å². The summed E-state index contributed by atoms with van der Waals surface area (Å²) in [6, 6.07) is 22.6. The van der Waals surface area contributed by atoms with Gasteiger partial charge in [0.25, 0.3) is 11.8 Å². The number of hydrogen-bond donors (Lipinski definition) is 1. The molecule has 3 aromatic rings. The van der Waals surface area contributed by atoms with E-state index < -0.39 is 0 Å². The van der Waals surface area contributed by atoms with Gasteiger partial charge >= 0.3 is 0 Å². The van der Waals surface area contributed by atoms with E-state index in [2.05, 4.69) is 5.32 Å². The van der Waals surface area contributed by atoms with Gasteiger partial charge in [-0.25, -0.2) is 0 Å². The minimum Gasteiger partial charge on any atom is -0.322 e. The maximum Gasteiger partial charge on any atom is 0.258 e. The fraction of sp³-hybridized carbons (Fsp3) is 0.167. The molecule has 1 aliphatic heterocycles. The highest BCUT2D eigenvalue weighted by atomic mass is 16.2. The lowest BCUT2D eigenvalue weighted by atomic mass is 9.99. The van der Waals surface area contributed by atoms with E-state index in [1.807, 2.05) is 78.6 Å². The molecule has 0 saturated heterocycles. The van der Waals surface area contributed by atoms with Gasteiger partial charge in [0.15, 0.2) is 0 Å². The monoisotopic (exact) mass is 370 g/mol. The highest BCUT2D eigenvalue weighted by molar-refractivity contribution is 6.07. The highest BCUT2D eigenvalue weighted by Gasteiger charge is 2.23. The summed E-state index contributed by atoms with van der Waals surface area (Å²) < 4.78 is 0. The average Bonchev–Trinajstić information content (AvgIpc) is 2.73. The van der Waals surface area contributed by atoms with E-state index in [9.17, 15) is 9.59 Å². The van der Waals surface area contributed by atoms with E-state index >= 15 is 0 Å². The quantitative estimate of drug-likeness (QED) is 0.717. The van der Waals surface area contributed by atoms with Gasteiger partial charge in [-0.3, -0.25) is 9.59 Å². The molecule has 0 atom stereocenters. The number of nitrogens with zero attached hydrogens (tertiary/aromatic N) is 1. The van der Waals surface area contributed by atoms with Gasteiger partial charge in [-0.15, -0.1) is 0 Å². The van der Waals surface area contributed by atoms with E-state index in [0.29, 0.717) is 17.7 Å². The normalized spacial score (nSPS) is 13.0. The summed E-state index contributed by atoms with van der Waals surface area (Å²) in [7, 11) is 0. The molecular formula is C24H22N2O2. The molecule has 0 spiro atoms.